The van der Waals surface area contributed by atoms with Crippen molar-refractivity contribution < 1.29 is 0 Å². The van der Waals surface area contributed by atoms with Crippen LogP contribution in [0.25, 0.3) is 86.5 Å². The summed E-state index contributed by atoms with van der Waals surface area (Å²) in [7, 11) is 0. The van der Waals surface area contributed by atoms with Gasteiger partial charge in [-0.05, 0) is 0 Å². The van der Waals surface area contributed by atoms with Gasteiger partial charge in [0.1, 0.15) is 0 Å². The molecule has 0 spiro atoms. The molecule has 0 N–H and O–H groups in total. The molecule has 0 bridgehead atoms. The average molecular weight is 665 g/mol. The molecule has 220 valence electrons. The predicted octanol–water partition coefficient (Wildman–Crippen LogP) is 10.7. The van der Waals surface area contributed by atoms with Crippen LogP contribution in [0.5, 0.6) is 0 Å². The molecule has 4 heteroatoms. The number of rotatable bonds is 5. The molecule has 0 saturated carbocycles. The van der Waals surface area contributed by atoms with Gasteiger partial charge in [-0.1, -0.05) is 36.4 Å². The van der Waals surface area contributed by atoms with Crippen LogP contribution < -0.4 is 0 Å². The first-order chi connectivity index (χ1) is 23.3. The Morgan fingerprint density at radius 2 is 0.809 bits per heavy atom. The SMILES string of the molecule is c1ccc(-c2nc(-c3ccccc3)nc(-c3cccc4cc(-c5cccc6c5[se]c5c(-c7ccccc7)cccc56)ccc34)n2)cc1. The molecule has 0 fully saturated rings. The van der Waals surface area contributed by atoms with Gasteiger partial charge in [0.15, 0.2) is 0 Å². The van der Waals surface area contributed by atoms with Crippen LogP contribution >= 0.6 is 0 Å². The van der Waals surface area contributed by atoms with Gasteiger partial charge in [0.05, 0.1) is 0 Å². The minimum Gasteiger partial charge on any atom is -0.0615 e. The molecule has 0 aliphatic rings. The second kappa shape index (κ2) is 11.6. The number of hydrogen-bond donors (Lipinski definition) is 0. The molecule has 0 saturated heterocycles. The predicted molar refractivity (Wildman–Crippen MR) is 196 cm³/mol. The fraction of sp³-hybridized carbons (Fsp3) is 0. The number of benzene rings is 7. The van der Waals surface area contributed by atoms with E-state index in [4.69, 9.17) is 15.0 Å². The molecule has 47 heavy (non-hydrogen) atoms. The van der Waals surface area contributed by atoms with Crippen LogP contribution in [0.15, 0.2) is 164 Å². The quantitative estimate of drug-likeness (QED) is 0.172. The van der Waals surface area contributed by atoms with Gasteiger partial charge in [0.2, 0.25) is 0 Å². The third-order valence-electron chi connectivity index (χ3n) is 8.74. The molecule has 9 aromatic rings. The summed E-state index contributed by atoms with van der Waals surface area (Å²) in [5.74, 6) is 2.00. The fourth-order valence-corrected chi connectivity index (χ4v) is 9.35. The Bertz CT molecular complexity index is 2500. The van der Waals surface area contributed by atoms with Crippen LogP contribution in [0.3, 0.4) is 0 Å². The van der Waals surface area contributed by atoms with Gasteiger partial charge in [-0.25, -0.2) is 0 Å². The van der Waals surface area contributed by atoms with Crippen molar-refractivity contribution >= 4 is 44.6 Å². The van der Waals surface area contributed by atoms with E-state index in [0.29, 0.717) is 17.5 Å². The van der Waals surface area contributed by atoms with E-state index in [0.717, 1.165) is 27.5 Å². The second-order valence-electron chi connectivity index (χ2n) is 11.6. The van der Waals surface area contributed by atoms with Gasteiger partial charge in [-0.2, -0.15) is 0 Å². The third kappa shape index (κ3) is 4.96. The maximum absolute atomic E-state index is 5.01. The van der Waals surface area contributed by atoms with Crippen molar-refractivity contribution in [3.8, 4) is 56.4 Å². The number of nitrogens with zero attached hydrogens (tertiary/aromatic N) is 3. The van der Waals surface area contributed by atoms with Gasteiger partial charge in [0.25, 0.3) is 0 Å². The Hall–Kier alpha value is -5.67. The van der Waals surface area contributed by atoms with Crippen LogP contribution in [0.2, 0.25) is 0 Å². The zero-order valence-electron chi connectivity index (χ0n) is 25.3. The van der Waals surface area contributed by atoms with E-state index in [1.54, 1.807) is 0 Å². The van der Waals surface area contributed by atoms with E-state index in [-0.39, 0.29) is 14.5 Å². The Morgan fingerprint density at radius 1 is 0.319 bits per heavy atom. The summed E-state index contributed by atoms with van der Waals surface area (Å²) >= 11 is 0.192. The molecule has 7 aromatic carbocycles. The smallest absolute Gasteiger partial charge is 0.0615 e. The monoisotopic (exact) mass is 665 g/mol. The number of fused-ring (bicyclic) bond motifs is 4. The van der Waals surface area contributed by atoms with Crippen molar-refractivity contribution in [1.82, 2.24) is 15.0 Å². The van der Waals surface area contributed by atoms with Crippen LogP contribution in [0.1, 0.15) is 0 Å². The fourth-order valence-electron chi connectivity index (χ4n) is 6.47. The molecule has 0 radical (unpaired) electrons. The standard InChI is InChI=1S/C43H27N3Se/c1-4-13-28(14-5-1)34-20-11-22-36-37-23-12-21-35(40(37)47-39(34)36)32-25-26-33-31(27-32)19-10-24-38(33)43-45-41(29-15-6-2-7-16-29)44-42(46-43)30-17-8-3-9-18-30/h1-27H. The Labute approximate surface area is 278 Å². The number of hydrogen-bond acceptors (Lipinski definition) is 3. The molecule has 0 aliphatic heterocycles. The minimum absolute atomic E-state index is 0.192. The van der Waals surface area contributed by atoms with Crippen molar-refractivity contribution in [1.29, 1.82) is 0 Å². The topological polar surface area (TPSA) is 38.7 Å². The van der Waals surface area contributed by atoms with E-state index in [1.165, 1.54) is 41.5 Å². The summed E-state index contributed by atoms with van der Waals surface area (Å²) in [6.07, 6.45) is 0. The van der Waals surface area contributed by atoms with Crippen molar-refractivity contribution in [2.45, 2.75) is 0 Å². The molecular formula is C43H27N3Se. The molecule has 0 atom stereocenters. The van der Waals surface area contributed by atoms with E-state index in [1.807, 2.05) is 60.7 Å². The Morgan fingerprint density at radius 3 is 1.40 bits per heavy atom. The van der Waals surface area contributed by atoms with Crippen LogP contribution in [-0.2, 0) is 0 Å². The third-order valence-corrected chi connectivity index (χ3v) is 11.4. The maximum atomic E-state index is 5.01. The van der Waals surface area contributed by atoms with Gasteiger partial charge < -0.3 is 0 Å². The van der Waals surface area contributed by atoms with E-state index >= 15 is 0 Å². The van der Waals surface area contributed by atoms with Crippen LogP contribution in [0, 0.1) is 0 Å². The Balaban J connectivity index is 1.19. The molecule has 0 amide bonds. The van der Waals surface area contributed by atoms with Gasteiger partial charge in [-0.15, -0.1) is 0 Å². The second-order valence-corrected chi connectivity index (χ2v) is 13.8. The van der Waals surface area contributed by atoms with Crippen molar-refractivity contribution in [2.24, 2.45) is 0 Å². The molecule has 0 aliphatic carbocycles. The molecule has 9 rings (SSSR count). The summed E-state index contributed by atoms with van der Waals surface area (Å²) < 4.78 is 2.92. The van der Waals surface area contributed by atoms with Gasteiger partial charge in [0, 0.05) is 0 Å². The average Bonchev–Trinajstić information content (AvgIpc) is 3.54. The summed E-state index contributed by atoms with van der Waals surface area (Å²) in [4.78, 5) is 14.9. The van der Waals surface area contributed by atoms with Crippen molar-refractivity contribution in [2.75, 3.05) is 0 Å². The van der Waals surface area contributed by atoms with E-state index in [9.17, 15) is 0 Å². The summed E-state index contributed by atoms with van der Waals surface area (Å²) in [6.45, 7) is 0. The normalized spacial score (nSPS) is 11.4. The van der Waals surface area contributed by atoms with Crippen LogP contribution in [0.4, 0.5) is 0 Å². The minimum atomic E-state index is 0.192. The van der Waals surface area contributed by atoms with Crippen molar-refractivity contribution in [3.05, 3.63) is 164 Å². The van der Waals surface area contributed by atoms with Crippen molar-refractivity contribution in [3.63, 3.8) is 0 Å². The first-order valence-corrected chi connectivity index (χ1v) is 17.4. The molecule has 2 aromatic heterocycles. The summed E-state index contributed by atoms with van der Waals surface area (Å²) in [6, 6.07) is 57.8. The zero-order chi connectivity index (χ0) is 31.2. The van der Waals surface area contributed by atoms with Gasteiger partial charge in [-0.3, -0.25) is 0 Å². The summed E-state index contributed by atoms with van der Waals surface area (Å²) in [5, 5.41) is 5.00. The van der Waals surface area contributed by atoms with Gasteiger partial charge >= 0.3 is 243 Å². The number of aromatic nitrogens is 3. The first kappa shape index (κ1) is 27.6. The Kier molecular flexibility index (Phi) is 6.82. The van der Waals surface area contributed by atoms with Crippen LogP contribution in [-0.4, -0.2) is 29.5 Å². The summed E-state index contributed by atoms with van der Waals surface area (Å²) in [5.41, 5.74) is 8.09. The first-order valence-electron chi connectivity index (χ1n) is 15.7. The van der Waals surface area contributed by atoms with E-state index < -0.39 is 0 Å². The molecule has 0 unspecified atom stereocenters. The molecule has 3 nitrogen and oxygen atoms in total. The molecule has 2 heterocycles. The zero-order valence-corrected chi connectivity index (χ0v) is 27.1. The molecular weight excluding hydrogens is 637 g/mol. The van der Waals surface area contributed by atoms with E-state index in [2.05, 4.69) is 103 Å².